The Hall–Kier alpha value is -0.500. The van der Waals surface area contributed by atoms with Crippen LogP contribution < -0.4 is 0 Å². The van der Waals surface area contributed by atoms with E-state index < -0.39 is 0 Å². The summed E-state index contributed by atoms with van der Waals surface area (Å²) in [7, 11) is 1.71. The summed E-state index contributed by atoms with van der Waals surface area (Å²) in [4.78, 5) is 0. The van der Waals surface area contributed by atoms with Crippen LogP contribution >= 0.6 is 0 Å². The summed E-state index contributed by atoms with van der Waals surface area (Å²) >= 11 is 0. The largest absolute Gasteiger partial charge is 0.498 e. The van der Waals surface area contributed by atoms with E-state index in [0.29, 0.717) is 6.10 Å². The van der Waals surface area contributed by atoms with Gasteiger partial charge in [-0.2, -0.15) is 0 Å². The van der Waals surface area contributed by atoms with Crippen molar-refractivity contribution in [2.75, 3.05) is 13.7 Å². The van der Waals surface area contributed by atoms with Gasteiger partial charge in [0.25, 0.3) is 0 Å². The molecule has 9 heavy (non-hydrogen) atoms. The molecule has 0 spiro atoms. The fraction of sp³-hybridized carbons (Fsp3) is 0.714. The number of ether oxygens (including phenoxy) is 2. The molecule has 0 radical (unpaired) electrons. The Morgan fingerprint density at radius 3 is 3.22 bits per heavy atom. The molecule has 0 amide bonds. The van der Waals surface area contributed by atoms with Gasteiger partial charge in [0.1, 0.15) is 6.10 Å². The van der Waals surface area contributed by atoms with Crippen LogP contribution in [-0.4, -0.2) is 19.8 Å². The van der Waals surface area contributed by atoms with E-state index in [1.54, 1.807) is 13.4 Å². The van der Waals surface area contributed by atoms with Crippen LogP contribution in [0.2, 0.25) is 0 Å². The zero-order valence-electron chi connectivity index (χ0n) is 5.67. The number of hydrogen-bond acceptors (Lipinski definition) is 2. The van der Waals surface area contributed by atoms with Gasteiger partial charge >= 0.3 is 0 Å². The van der Waals surface area contributed by atoms with Crippen LogP contribution in [0.5, 0.6) is 0 Å². The standard InChI is InChI=1S/C7H12O2/c1-8-6-4-7-3-2-5-9-7/h2,5,7H,3-4,6H2,1H3/t7-/m0/s1. The van der Waals surface area contributed by atoms with Crippen LogP contribution in [0.25, 0.3) is 0 Å². The maximum atomic E-state index is 5.19. The molecule has 1 rings (SSSR count). The summed E-state index contributed by atoms with van der Waals surface area (Å²) in [6.45, 7) is 0.798. The summed E-state index contributed by atoms with van der Waals surface area (Å²) in [5.74, 6) is 0. The van der Waals surface area contributed by atoms with E-state index in [2.05, 4.69) is 0 Å². The SMILES string of the molecule is COCC[C@@H]1CC=CO1. The van der Waals surface area contributed by atoms with Gasteiger partial charge in [-0.1, -0.05) is 0 Å². The lowest BCUT2D eigenvalue weighted by atomic mass is 10.2. The molecule has 0 aromatic carbocycles. The average molecular weight is 128 g/mol. The predicted molar refractivity (Wildman–Crippen MR) is 35.1 cm³/mol. The van der Waals surface area contributed by atoms with Crippen molar-refractivity contribution < 1.29 is 9.47 Å². The van der Waals surface area contributed by atoms with Crippen LogP contribution in [0.1, 0.15) is 12.8 Å². The summed E-state index contributed by atoms with van der Waals surface area (Å²) in [5.41, 5.74) is 0. The Bertz CT molecular complexity index is 91.1. The minimum Gasteiger partial charge on any atom is -0.498 e. The first-order valence-corrected chi connectivity index (χ1v) is 3.23. The molecular formula is C7H12O2. The van der Waals surface area contributed by atoms with Crippen molar-refractivity contribution in [2.45, 2.75) is 18.9 Å². The second-order valence-electron chi connectivity index (χ2n) is 2.15. The molecule has 1 atom stereocenters. The van der Waals surface area contributed by atoms with Crippen molar-refractivity contribution in [2.24, 2.45) is 0 Å². The van der Waals surface area contributed by atoms with E-state index in [4.69, 9.17) is 9.47 Å². The van der Waals surface area contributed by atoms with Gasteiger partial charge in [0.05, 0.1) is 6.26 Å². The van der Waals surface area contributed by atoms with Gasteiger partial charge in [-0.05, 0) is 6.08 Å². The smallest absolute Gasteiger partial charge is 0.104 e. The zero-order valence-corrected chi connectivity index (χ0v) is 5.67. The topological polar surface area (TPSA) is 18.5 Å². The van der Waals surface area contributed by atoms with Gasteiger partial charge in [-0.3, -0.25) is 0 Å². The predicted octanol–water partition coefficient (Wildman–Crippen LogP) is 1.33. The van der Waals surface area contributed by atoms with E-state index in [9.17, 15) is 0 Å². The van der Waals surface area contributed by atoms with Gasteiger partial charge in [-0.25, -0.2) is 0 Å². The van der Waals surface area contributed by atoms with Gasteiger partial charge in [0.15, 0.2) is 0 Å². The third-order valence-electron chi connectivity index (χ3n) is 1.41. The van der Waals surface area contributed by atoms with Crippen molar-refractivity contribution in [1.29, 1.82) is 0 Å². The highest BCUT2D eigenvalue weighted by Gasteiger charge is 2.09. The highest BCUT2D eigenvalue weighted by Crippen LogP contribution is 2.11. The maximum Gasteiger partial charge on any atom is 0.104 e. The van der Waals surface area contributed by atoms with Gasteiger partial charge in [0, 0.05) is 26.6 Å². The molecule has 0 unspecified atom stereocenters. The summed E-state index contributed by atoms with van der Waals surface area (Å²) in [5, 5.41) is 0. The molecular weight excluding hydrogens is 116 g/mol. The lowest BCUT2D eigenvalue weighted by Gasteiger charge is -2.07. The number of hydrogen-bond donors (Lipinski definition) is 0. The minimum atomic E-state index is 0.380. The Morgan fingerprint density at radius 2 is 2.67 bits per heavy atom. The third-order valence-corrected chi connectivity index (χ3v) is 1.41. The molecule has 52 valence electrons. The fourth-order valence-corrected chi connectivity index (χ4v) is 0.865. The molecule has 0 bridgehead atoms. The van der Waals surface area contributed by atoms with Crippen LogP contribution in [0.4, 0.5) is 0 Å². The molecule has 0 N–H and O–H groups in total. The molecule has 0 fully saturated rings. The highest BCUT2D eigenvalue weighted by atomic mass is 16.5. The summed E-state index contributed by atoms with van der Waals surface area (Å²) in [6, 6.07) is 0. The van der Waals surface area contributed by atoms with Gasteiger partial charge in [-0.15, -0.1) is 0 Å². The second kappa shape index (κ2) is 3.51. The van der Waals surface area contributed by atoms with Crippen molar-refractivity contribution >= 4 is 0 Å². The number of methoxy groups -OCH3 is 1. The third kappa shape index (κ3) is 2.06. The molecule has 0 saturated carbocycles. The van der Waals surface area contributed by atoms with E-state index in [0.717, 1.165) is 19.4 Å². The molecule has 0 saturated heterocycles. The van der Waals surface area contributed by atoms with Crippen molar-refractivity contribution in [3.63, 3.8) is 0 Å². The zero-order chi connectivity index (χ0) is 6.53. The first-order valence-electron chi connectivity index (χ1n) is 3.23. The monoisotopic (exact) mass is 128 g/mol. The van der Waals surface area contributed by atoms with E-state index in [1.165, 1.54) is 0 Å². The second-order valence-corrected chi connectivity index (χ2v) is 2.15. The molecule has 1 heterocycles. The normalized spacial score (nSPS) is 24.3. The lowest BCUT2D eigenvalue weighted by Crippen LogP contribution is -2.07. The van der Waals surface area contributed by atoms with E-state index >= 15 is 0 Å². The minimum absolute atomic E-state index is 0.380. The van der Waals surface area contributed by atoms with Crippen LogP contribution in [0, 0.1) is 0 Å². The van der Waals surface area contributed by atoms with Gasteiger partial charge < -0.3 is 9.47 Å². The highest BCUT2D eigenvalue weighted by molar-refractivity contribution is 4.86. The molecule has 1 aliphatic rings. The quantitative estimate of drug-likeness (QED) is 0.570. The maximum absolute atomic E-state index is 5.19. The molecule has 2 heteroatoms. The van der Waals surface area contributed by atoms with E-state index in [1.807, 2.05) is 6.08 Å². The molecule has 2 nitrogen and oxygen atoms in total. The van der Waals surface area contributed by atoms with Gasteiger partial charge in [0.2, 0.25) is 0 Å². The van der Waals surface area contributed by atoms with Crippen LogP contribution in [-0.2, 0) is 9.47 Å². The first-order chi connectivity index (χ1) is 4.43. The van der Waals surface area contributed by atoms with Crippen molar-refractivity contribution in [1.82, 2.24) is 0 Å². The van der Waals surface area contributed by atoms with Crippen molar-refractivity contribution in [3.05, 3.63) is 12.3 Å². The Balaban J connectivity index is 2.01. The number of rotatable bonds is 3. The average Bonchev–Trinajstić information content (AvgIpc) is 2.34. The van der Waals surface area contributed by atoms with E-state index in [-0.39, 0.29) is 0 Å². The Kier molecular flexibility index (Phi) is 2.58. The molecule has 0 aromatic rings. The van der Waals surface area contributed by atoms with Crippen LogP contribution in [0.3, 0.4) is 0 Å². The van der Waals surface area contributed by atoms with Crippen LogP contribution in [0.15, 0.2) is 12.3 Å². The molecule has 1 aliphatic heterocycles. The summed E-state index contributed by atoms with van der Waals surface area (Å²) < 4.78 is 10.1. The first kappa shape index (κ1) is 6.62. The summed E-state index contributed by atoms with van der Waals surface area (Å²) in [6.07, 6.45) is 6.23. The fourth-order valence-electron chi connectivity index (χ4n) is 0.865. The Morgan fingerprint density at radius 1 is 1.78 bits per heavy atom. The lowest BCUT2D eigenvalue weighted by molar-refractivity contribution is 0.110. The molecule has 0 aromatic heterocycles. The molecule has 0 aliphatic carbocycles. The van der Waals surface area contributed by atoms with Crippen molar-refractivity contribution in [3.8, 4) is 0 Å². The Labute approximate surface area is 55.5 Å².